The topological polar surface area (TPSA) is 9.72 Å². The van der Waals surface area contributed by atoms with Crippen LogP contribution in [0.5, 0.6) is 0 Å². The molecule has 0 aliphatic carbocycles. The predicted molar refractivity (Wildman–Crippen MR) is 86.6 cm³/mol. The van der Waals surface area contributed by atoms with E-state index >= 15 is 0 Å². The maximum absolute atomic E-state index is 5.39. The molecule has 3 aliphatic rings. The zero-order chi connectivity index (χ0) is 13.1. The second-order valence-corrected chi connectivity index (χ2v) is 7.69. The Kier molecular flexibility index (Phi) is 5.01. The lowest BCUT2D eigenvalue weighted by atomic mass is 10.0. The first kappa shape index (κ1) is 14.1. The largest absolute Gasteiger partial charge is 0.344 e. The maximum atomic E-state index is 5.39. The van der Waals surface area contributed by atoms with Crippen LogP contribution < -0.4 is 0 Å². The van der Waals surface area contributed by atoms with Gasteiger partial charge in [0, 0.05) is 31.4 Å². The van der Waals surface area contributed by atoms with Crippen LogP contribution in [0.2, 0.25) is 0 Å². The molecular weight excluding hydrogens is 274 g/mol. The third-order valence-electron chi connectivity index (χ3n) is 4.68. The predicted octanol–water partition coefficient (Wildman–Crippen LogP) is 2.23. The molecule has 0 unspecified atom stereocenters. The summed E-state index contributed by atoms with van der Waals surface area (Å²) in [4.78, 5) is 7.72. The Morgan fingerprint density at radius 3 is 2.37 bits per heavy atom. The molecule has 108 valence electrons. The molecule has 0 N–H and O–H groups in total. The fourth-order valence-electron chi connectivity index (χ4n) is 3.51. The Morgan fingerprint density at radius 1 is 1.00 bits per heavy atom. The minimum absolute atomic E-state index is 0.858. The minimum Gasteiger partial charge on any atom is -0.344 e. The molecule has 3 rings (SSSR count). The van der Waals surface area contributed by atoms with E-state index in [-0.39, 0.29) is 0 Å². The minimum atomic E-state index is 0.858. The van der Waals surface area contributed by atoms with E-state index in [0.29, 0.717) is 0 Å². The molecule has 0 aromatic heterocycles. The van der Waals surface area contributed by atoms with Crippen molar-refractivity contribution in [3.05, 3.63) is 0 Å². The van der Waals surface area contributed by atoms with E-state index in [2.05, 4.69) is 14.7 Å². The number of hydrogen-bond donors (Lipinski definition) is 0. The van der Waals surface area contributed by atoms with Crippen molar-refractivity contribution in [3.63, 3.8) is 0 Å². The van der Waals surface area contributed by atoms with E-state index < -0.39 is 0 Å². The normalized spacial score (nSPS) is 28.2. The molecule has 0 radical (unpaired) electrons. The van der Waals surface area contributed by atoms with Gasteiger partial charge in [-0.1, -0.05) is 30.4 Å². The number of piperidine rings is 2. The van der Waals surface area contributed by atoms with Crippen molar-refractivity contribution in [1.29, 1.82) is 0 Å². The highest BCUT2D eigenvalue weighted by atomic mass is 32.2. The van der Waals surface area contributed by atoms with E-state index in [4.69, 9.17) is 12.2 Å². The molecule has 3 fully saturated rings. The Hall–Kier alpha value is 0.160. The molecule has 0 aromatic rings. The van der Waals surface area contributed by atoms with E-state index in [0.717, 1.165) is 23.6 Å². The van der Waals surface area contributed by atoms with Crippen molar-refractivity contribution in [2.24, 2.45) is 0 Å². The lowest BCUT2D eigenvalue weighted by Gasteiger charge is -2.41. The Balaban J connectivity index is 1.42. The van der Waals surface area contributed by atoms with Crippen molar-refractivity contribution in [3.8, 4) is 0 Å². The van der Waals surface area contributed by atoms with Gasteiger partial charge in [-0.05, 0) is 38.8 Å². The van der Waals surface area contributed by atoms with E-state index in [1.165, 1.54) is 64.0 Å². The summed E-state index contributed by atoms with van der Waals surface area (Å²) in [5.41, 5.74) is 0. The Labute approximate surface area is 126 Å². The fourth-order valence-corrected chi connectivity index (χ4v) is 4.72. The van der Waals surface area contributed by atoms with Gasteiger partial charge >= 0.3 is 0 Å². The summed E-state index contributed by atoms with van der Waals surface area (Å²) in [6, 6.07) is 0.858. The van der Waals surface area contributed by atoms with Gasteiger partial charge < -0.3 is 9.80 Å². The van der Waals surface area contributed by atoms with Crippen LogP contribution in [-0.4, -0.2) is 70.2 Å². The standard InChI is InChI=1S/C14H25N3S2/c18-14-17(10-11-19-14)12-15-8-4-13(5-9-15)16-6-2-1-3-7-16/h13H,1-12H2. The van der Waals surface area contributed by atoms with Crippen molar-refractivity contribution in [2.45, 2.75) is 38.1 Å². The molecule has 0 spiro atoms. The zero-order valence-corrected chi connectivity index (χ0v) is 13.4. The summed E-state index contributed by atoms with van der Waals surface area (Å²) in [5, 5.41) is 0. The molecule has 0 bridgehead atoms. The van der Waals surface area contributed by atoms with Crippen LogP contribution in [0.1, 0.15) is 32.1 Å². The molecule has 0 saturated carbocycles. The summed E-state index contributed by atoms with van der Waals surface area (Å²) >= 11 is 7.23. The molecule has 3 saturated heterocycles. The highest BCUT2D eigenvalue weighted by Crippen LogP contribution is 2.23. The smallest absolute Gasteiger partial charge is 0.137 e. The summed E-state index contributed by atoms with van der Waals surface area (Å²) in [7, 11) is 0. The van der Waals surface area contributed by atoms with Crippen molar-refractivity contribution in [1.82, 2.24) is 14.7 Å². The lowest BCUT2D eigenvalue weighted by Crippen LogP contribution is -2.49. The molecule has 19 heavy (non-hydrogen) atoms. The third-order valence-corrected chi connectivity index (χ3v) is 6.18. The SMILES string of the molecule is S=C1SCCN1CN1CCC(N2CCCCC2)CC1. The van der Waals surface area contributed by atoms with Crippen LogP contribution >= 0.6 is 24.0 Å². The van der Waals surface area contributed by atoms with Crippen LogP contribution in [0, 0.1) is 0 Å². The first-order valence-corrected chi connectivity index (χ1v) is 9.10. The summed E-state index contributed by atoms with van der Waals surface area (Å²) in [5.74, 6) is 1.18. The molecule has 3 aliphatic heterocycles. The maximum Gasteiger partial charge on any atom is 0.137 e. The van der Waals surface area contributed by atoms with Crippen LogP contribution in [0.15, 0.2) is 0 Å². The first-order chi connectivity index (χ1) is 9.33. The zero-order valence-electron chi connectivity index (χ0n) is 11.7. The van der Waals surface area contributed by atoms with Gasteiger partial charge in [0.2, 0.25) is 0 Å². The number of thiocarbonyl (C=S) groups is 1. The second kappa shape index (κ2) is 6.74. The van der Waals surface area contributed by atoms with Crippen molar-refractivity contribution < 1.29 is 0 Å². The summed E-state index contributed by atoms with van der Waals surface area (Å²) < 4.78 is 1.11. The van der Waals surface area contributed by atoms with E-state index in [9.17, 15) is 0 Å². The molecule has 3 heterocycles. The molecule has 5 heteroatoms. The number of thioether (sulfide) groups is 1. The van der Waals surface area contributed by atoms with Gasteiger partial charge in [0.15, 0.2) is 0 Å². The van der Waals surface area contributed by atoms with Crippen LogP contribution in [0.25, 0.3) is 0 Å². The molecule has 0 amide bonds. The number of nitrogens with zero attached hydrogens (tertiary/aromatic N) is 3. The second-order valence-electron chi connectivity index (χ2n) is 5.97. The number of rotatable bonds is 3. The van der Waals surface area contributed by atoms with Crippen LogP contribution in [0.3, 0.4) is 0 Å². The van der Waals surface area contributed by atoms with Gasteiger partial charge in [0.1, 0.15) is 4.32 Å². The summed E-state index contributed by atoms with van der Waals surface area (Å²) in [6.45, 7) is 7.42. The first-order valence-electron chi connectivity index (χ1n) is 7.71. The fraction of sp³-hybridized carbons (Fsp3) is 0.929. The Bertz CT molecular complexity index is 310. The van der Waals surface area contributed by atoms with Gasteiger partial charge in [-0.15, -0.1) is 0 Å². The number of likely N-dealkylation sites (tertiary alicyclic amines) is 2. The molecular formula is C14H25N3S2. The van der Waals surface area contributed by atoms with Gasteiger partial charge in [-0.3, -0.25) is 4.90 Å². The van der Waals surface area contributed by atoms with E-state index in [1.54, 1.807) is 0 Å². The van der Waals surface area contributed by atoms with E-state index in [1.807, 2.05) is 11.8 Å². The quantitative estimate of drug-likeness (QED) is 0.737. The third kappa shape index (κ3) is 3.63. The van der Waals surface area contributed by atoms with Crippen molar-refractivity contribution >= 4 is 28.3 Å². The monoisotopic (exact) mass is 299 g/mol. The Morgan fingerprint density at radius 2 is 1.74 bits per heavy atom. The van der Waals surface area contributed by atoms with Gasteiger partial charge in [0.25, 0.3) is 0 Å². The van der Waals surface area contributed by atoms with Crippen LogP contribution in [-0.2, 0) is 0 Å². The summed E-state index contributed by atoms with van der Waals surface area (Å²) in [6.07, 6.45) is 6.99. The van der Waals surface area contributed by atoms with Crippen LogP contribution in [0.4, 0.5) is 0 Å². The molecule has 3 nitrogen and oxygen atoms in total. The van der Waals surface area contributed by atoms with Gasteiger partial charge in [0.05, 0.1) is 6.67 Å². The molecule has 0 aromatic carbocycles. The van der Waals surface area contributed by atoms with Gasteiger partial charge in [-0.25, -0.2) is 0 Å². The highest BCUT2D eigenvalue weighted by Gasteiger charge is 2.27. The molecule has 0 atom stereocenters. The van der Waals surface area contributed by atoms with Crippen molar-refractivity contribution in [2.75, 3.05) is 45.1 Å². The average molecular weight is 300 g/mol. The van der Waals surface area contributed by atoms with Gasteiger partial charge in [-0.2, -0.15) is 0 Å². The highest BCUT2D eigenvalue weighted by molar-refractivity contribution is 8.23. The lowest BCUT2D eigenvalue weighted by molar-refractivity contribution is 0.0773. The number of hydrogen-bond acceptors (Lipinski definition) is 4. The average Bonchev–Trinajstić information content (AvgIpc) is 2.86.